The summed E-state index contributed by atoms with van der Waals surface area (Å²) in [7, 11) is 0. The van der Waals surface area contributed by atoms with Gasteiger partial charge in [0.25, 0.3) is 0 Å². The highest BCUT2D eigenvalue weighted by Gasteiger charge is 2.09. The van der Waals surface area contributed by atoms with Crippen LogP contribution in [0.5, 0.6) is 0 Å². The molecule has 108 valence electrons. The lowest BCUT2D eigenvalue weighted by Crippen LogP contribution is -2.33. The van der Waals surface area contributed by atoms with Gasteiger partial charge in [0.2, 0.25) is 5.91 Å². The van der Waals surface area contributed by atoms with E-state index in [2.05, 4.69) is 22.2 Å². The van der Waals surface area contributed by atoms with Crippen molar-refractivity contribution in [2.24, 2.45) is 0 Å². The van der Waals surface area contributed by atoms with Crippen molar-refractivity contribution in [1.29, 1.82) is 0 Å². The molecule has 0 bridgehead atoms. The van der Waals surface area contributed by atoms with Crippen molar-refractivity contribution in [3.63, 3.8) is 0 Å². The Labute approximate surface area is 127 Å². The van der Waals surface area contributed by atoms with Crippen LogP contribution in [0.1, 0.15) is 26.7 Å². The molecule has 0 saturated carbocycles. The van der Waals surface area contributed by atoms with E-state index in [0.717, 1.165) is 29.0 Å². The van der Waals surface area contributed by atoms with Crippen LogP contribution in [0.4, 0.5) is 0 Å². The lowest BCUT2D eigenvalue weighted by atomic mass is 10.2. The van der Waals surface area contributed by atoms with E-state index in [1.54, 1.807) is 6.07 Å². The summed E-state index contributed by atoms with van der Waals surface area (Å²) in [4.78, 5) is 19.3. The molecule has 1 aromatic heterocycles. The van der Waals surface area contributed by atoms with Gasteiger partial charge in [-0.05, 0) is 31.5 Å². The van der Waals surface area contributed by atoms with Crippen LogP contribution in [-0.4, -0.2) is 27.7 Å². The molecule has 0 spiro atoms. The van der Waals surface area contributed by atoms with Crippen LogP contribution >= 0.6 is 23.4 Å². The van der Waals surface area contributed by atoms with Crippen molar-refractivity contribution in [1.82, 2.24) is 15.3 Å². The van der Waals surface area contributed by atoms with E-state index in [1.807, 2.05) is 19.1 Å². The number of imidazole rings is 1. The SMILES string of the molecule is CCCC(C)NC(=O)CSc1nc2ccc(Cl)cc2[nH]1. The number of H-pyrrole nitrogens is 1. The van der Waals surface area contributed by atoms with Gasteiger partial charge < -0.3 is 10.3 Å². The van der Waals surface area contributed by atoms with Crippen molar-refractivity contribution in [3.05, 3.63) is 23.2 Å². The van der Waals surface area contributed by atoms with Crippen LogP contribution < -0.4 is 5.32 Å². The van der Waals surface area contributed by atoms with Crippen LogP contribution in [0, 0.1) is 0 Å². The molecular weight excluding hydrogens is 294 g/mol. The minimum Gasteiger partial charge on any atom is -0.353 e. The number of halogens is 1. The van der Waals surface area contributed by atoms with Gasteiger partial charge in [0.05, 0.1) is 16.8 Å². The van der Waals surface area contributed by atoms with Crippen LogP contribution in [0.2, 0.25) is 5.02 Å². The van der Waals surface area contributed by atoms with Gasteiger partial charge in [-0.1, -0.05) is 36.7 Å². The van der Waals surface area contributed by atoms with E-state index in [0.29, 0.717) is 10.8 Å². The summed E-state index contributed by atoms with van der Waals surface area (Å²) in [5, 5.41) is 4.38. The fourth-order valence-electron chi connectivity index (χ4n) is 1.98. The van der Waals surface area contributed by atoms with Gasteiger partial charge in [0, 0.05) is 11.1 Å². The molecule has 0 radical (unpaired) electrons. The van der Waals surface area contributed by atoms with E-state index >= 15 is 0 Å². The summed E-state index contributed by atoms with van der Waals surface area (Å²) >= 11 is 7.32. The molecule has 0 aliphatic carbocycles. The highest BCUT2D eigenvalue weighted by Crippen LogP contribution is 2.22. The van der Waals surface area contributed by atoms with Gasteiger partial charge in [0.15, 0.2) is 5.16 Å². The minimum absolute atomic E-state index is 0.0365. The summed E-state index contributed by atoms with van der Waals surface area (Å²) in [6.07, 6.45) is 2.07. The number of benzene rings is 1. The largest absolute Gasteiger partial charge is 0.353 e. The predicted molar refractivity (Wildman–Crippen MR) is 84.3 cm³/mol. The van der Waals surface area contributed by atoms with Gasteiger partial charge in [0.1, 0.15) is 0 Å². The third kappa shape index (κ3) is 4.15. The molecular formula is C14H18ClN3OS. The van der Waals surface area contributed by atoms with Gasteiger partial charge >= 0.3 is 0 Å². The fraction of sp³-hybridized carbons (Fsp3) is 0.429. The van der Waals surface area contributed by atoms with Crippen molar-refractivity contribution in [3.8, 4) is 0 Å². The Morgan fingerprint density at radius 2 is 2.35 bits per heavy atom. The predicted octanol–water partition coefficient (Wildman–Crippen LogP) is 3.61. The fourth-order valence-corrected chi connectivity index (χ4v) is 2.85. The van der Waals surface area contributed by atoms with Crippen molar-refractivity contribution >= 4 is 40.3 Å². The quantitative estimate of drug-likeness (QED) is 0.801. The summed E-state index contributed by atoms with van der Waals surface area (Å²) in [5.74, 6) is 0.399. The number of fused-ring (bicyclic) bond motifs is 1. The van der Waals surface area contributed by atoms with Crippen molar-refractivity contribution in [2.45, 2.75) is 37.9 Å². The second-order valence-corrected chi connectivity index (χ2v) is 6.15. The second-order valence-electron chi connectivity index (χ2n) is 4.75. The van der Waals surface area contributed by atoms with Crippen LogP contribution in [0.25, 0.3) is 11.0 Å². The number of carbonyl (C=O) groups excluding carboxylic acids is 1. The average Bonchev–Trinajstić information content (AvgIpc) is 2.78. The van der Waals surface area contributed by atoms with Crippen LogP contribution in [0.3, 0.4) is 0 Å². The number of thioether (sulfide) groups is 1. The topological polar surface area (TPSA) is 57.8 Å². The Bertz CT molecular complexity index is 599. The number of rotatable bonds is 6. The zero-order valence-electron chi connectivity index (χ0n) is 11.6. The van der Waals surface area contributed by atoms with E-state index in [-0.39, 0.29) is 11.9 Å². The maximum atomic E-state index is 11.8. The molecule has 1 heterocycles. The Morgan fingerprint density at radius 3 is 3.10 bits per heavy atom. The monoisotopic (exact) mass is 311 g/mol. The maximum absolute atomic E-state index is 11.8. The third-order valence-electron chi connectivity index (χ3n) is 2.89. The molecule has 2 rings (SSSR count). The smallest absolute Gasteiger partial charge is 0.230 e. The standard InChI is InChI=1S/C14H18ClN3OS/c1-3-4-9(2)16-13(19)8-20-14-17-11-6-5-10(15)7-12(11)18-14/h5-7,9H,3-4,8H2,1-2H3,(H,16,19)(H,17,18). The first-order valence-electron chi connectivity index (χ1n) is 6.66. The summed E-state index contributed by atoms with van der Waals surface area (Å²) in [6, 6.07) is 5.72. The second kappa shape index (κ2) is 6.99. The van der Waals surface area contributed by atoms with Crippen molar-refractivity contribution < 1.29 is 4.79 Å². The number of carbonyl (C=O) groups is 1. The number of hydrogen-bond donors (Lipinski definition) is 2. The number of aromatic nitrogens is 2. The summed E-state index contributed by atoms with van der Waals surface area (Å²) in [5.41, 5.74) is 1.75. The molecule has 1 unspecified atom stereocenters. The summed E-state index contributed by atoms with van der Waals surface area (Å²) in [6.45, 7) is 4.13. The highest BCUT2D eigenvalue weighted by molar-refractivity contribution is 7.99. The molecule has 0 aliphatic heterocycles. The lowest BCUT2D eigenvalue weighted by molar-refractivity contribution is -0.119. The first kappa shape index (κ1) is 15.2. The van der Waals surface area contributed by atoms with Crippen molar-refractivity contribution in [2.75, 3.05) is 5.75 Å². The van der Waals surface area contributed by atoms with Gasteiger partial charge in [-0.25, -0.2) is 4.98 Å². The molecule has 1 amide bonds. The number of hydrogen-bond acceptors (Lipinski definition) is 3. The molecule has 2 aromatic rings. The van der Waals surface area contributed by atoms with Crippen LogP contribution in [-0.2, 0) is 4.79 Å². The van der Waals surface area contributed by atoms with E-state index in [1.165, 1.54) is 11.8 Å². The zero-order valence-corrected chi connectivity index (χ0v) is 13.1. The number of nitrogens with zero attached hydrogens (tertiary/aromatic N) is 1. The molecule has 1 aromatic carbocycles. The Hall–Kier alpha value is -1.20. The Morgan fingerprint density at radius 1 is 1.55 bits per heavy atom. The minimum atomic E-state index is 0.0365. The zero-order chi connectivity index (χ0) is 14.5. The molecule has 0 saturated heterocycles. The Kier molecular flexibility index (Phi) is 5.31. The number of nitrogens with one attached hydrogen (secondary N) is 2. The molecule has 0 fully saturated rings. The van der Waals surface area contributed by atoms with Gasteiger partial charge in [-0.3, -0.25) is 4.79 Å². The first-order chi connectivity index (χ1) is 9.58. The maximum Gasteiger partial charge on any atom is 0.230 e. The molecule has 0 aliphatic rings. The molecule has 4 nitrogen and oxygen atoms in total. The third-order valence-corrected chi connectivity index (χ3v) is 4.00. The van der Waals surface area contributed by atoms with Gasteiger partial charge in [-0.15, -0.1) is 0 Å². The van der Waals surface area contributed by atoms with E-state index in [9.17, 15) is 4.79 Å². The number of aromatic amines is 1. The average molecular weight is 312 g/mol. The molecule has 6 heteroatoms. The van der Waals surface area contributed by atoms with Crippen LogP contribution in [0.15, 0.2) is 23.4 Å². The van der Waals surface area contributed by atoms with Gasteiger partial charge in [-0.2, -0.15) is 0 Å². The van der Waals surface area contributed by atoms with E-state index < -0.39 is 0 Å². The summed E-state index contributed by atoms with van der Waals surface area (Å²) < 4.78 is 0. The molecule has 20 heavy (non-hydrogen) atoms. The van der Waals surface area contributed by atoms with E-state index in [4.69, 9.17) is 11.6 Å². The highest BCUT2D eigenvalue weighted by atomic mass is 35.5. The normalized spacial score (nSPS) is 12.6. The Balaban J connectivity index is 1.90. The molecule has 2 N–H and O–H groups in total. The first-order valence-corrected chi connectivity index (χ1v) is 8.02. The molecule has 1 atom stereocenters. The lowest BCUT2D eigenvalue weighted by Gasteiger charge is -2.11. The number of amides is 1.